The molecule has 0 saturated heterocycles. The fraction of sp³-hybridized carbons (Fsp3) is 0.150. The van der Waals surface area contributed by atoms with E-state index in [0.717, 1.165) is 6.07 Å². The Morgan fingerprint density at radius 1 is 1.14 bits per heavy atom. The highest BCUT2D eigenvalue weighted by Crippen LogP contribution is 2.40. The molecule has 4 rings (SSSR count). The molecule has 8 heteroatoms. The lowest BCUT2D eigenvalue weighted by Crippen LogP contribution is -2.11. The van der Waals surface area contributed by atoms with Crippen LogP contribution in [0.1, 0.15) is 24.6 Å². The minimum Gasteiger partial charge on any atom is -0.291 e. The van der Waals surface area contributed by atoms with Crippen molar-refractivity contribution in [1.82, 2.24) is 15.2 Å². The van der Waals surface area contributed by atoms with Crippen molar-refractivity contribution in [2.24, 2.45) is 0 Å². The van der Waals surface area contributed by atoms with E-state index in [1.54, 1.807) is 30.3 Å². The molecule has 0 aliphatic heterocycles. The lowest BCUT2D eigenvalue weighted by atomic mass is 9.94. The summed E-state index contributed by atoms with van der Waals surface area (Å²) < 4.78 is 55.1. The number of fused-ring (bicyclic) bond motifs is 1. The summed E-state index contributed by atoms with van der Waals surface area (Å²) in [5, 5.41) is 6.42. The molecule has 2 aromatic heterocycles. The van der Waals surface area contributed by atoms with Crippen LogP contribution in [-0.4, -0.2) is 21.0 Å². The summed E-state index contributed by atoms with van der Waals surface area (Å²) >= 11 is 0. The molecule has 0 bridgehead atoms. The summed E-state index contributed by atoms with van der Waals surface area (Å²) in [6.45, 7) is 1.39. The third kappa shape index (κ3) is 3.00. The summed E-state index contributed by atoms with van der Waals surface area (Å²) in [7, 11) is 0. The van der Waals surface area contributed by atoms with Crippen LogP contribution in [0.25, 0.3) is 27.9 Å². The Morgan fingerprint density at radius 3 is 2.50 bits per heavy atom. The Kier molecular flexibility index (Phi) is 4.14. The highest BCUT2D eigenvalue weighted by atomic mass is 19.4. The third-order valence-electron chi connectivity index (χ3n) is 4.55. The first-order valence-electron chi connectivity index (χ1n) is 8.38. The van der Waals surface area contributed by atoms with Crippen LogP contribution in [0.15, 0.2) is 53.9 Å². The average Bonchev–Trinajstić information content (AvgIpc) is 3.08. The van der Waals surface area contributed by atoms with E-state index in [1.807, 2.05) is 0 Å². The van der Waals surface area contributed by atoms with Crippen LogP contribution in [0.5, 0.6) is 0 Å². The van der Waals surface area contributed by atoms with Gasteiger partial charge in [0.15, 0.2) is 17.3 Å². The van der Waals surface area contributed by atoms with Crippen molar-refractivity contribution in [2.75, 3.05) is 0 Å². The Balaban J connectivity index is 1.96. The number of allylic oxidation sites excluding steroid dienone is 4. The monoisotopic (exact) mass is 387 g/mol. The summed E-state index contributed by atoms with van der Waals surface area (Å²) in [6.07, 6.45) is -3.68. The van der Waals surface area contributed by atoms with Crippen molar-refractivity contribution in [3.05, 3.63) is 65.1 Å². The van der Waals surface area contributed by atoms with Crippen molar-refractivity contribution in [1.29, 1.82) is 0 Å². The van der Waals surface area contributed by atoms with Gasteiger partial charge in [-0.25, -0.2) is 9.37 Å². The molecule has 3 aromatic rings. The zero-order valence-electron chi connectivity index (χ0n) is 14.6. The van der Waals surface area contributed by atoms with Gasteiger partial charge < -0.3 is 0 Å². The molecular weight excluding hydrogens is 374 g/mol. The molecule has 142 valence electrons. The number of carbonyl (C=O) groups excluding carboxylic acids is 1. The fourth-order valence-corrected chi connectivity index (χ4v) is 3.24. The number of carbonyl (C=O) groups is 1. The molecular formula is C20H13F4N3O. The lowest BCUT2D eigenvalue weighted by Gasteiger charge is -2.15. The second kappa shape index (κ2) is 6.40. The van der Waals surface area contributed by atoms with Gasteiger partial charge in [0.2, 0.25) is 0 Å². The number of nitrogens with zero attached hydrogens (tertiary/aromatic N) is 2. The van der Waals surface area contributed by atoms with Crippen molar-refractivity contribution < 1.29 is 22.4 Å². The molecule has 0 unspecified atom stereocenters. The number of ketones is 1. The molecule has 0 spiro atoms. The van der Waals surface area contributed by atoms with Gasteiger partial charge in [-0.1, -0.05) is 36.4 Å². The van der Waals surface area contributed by atoms with Crippen LogP contribution in [0, 0.1) is 0 Å². The number of alkyl halides is 3. The standard InChI is InChI=1S/C20H13F4N3O/c1-10-7-12(8-15(28)17(10)21)14-9-13(20(22,23)24)16-18(26-27-19(16)25-14)11-5-3-2-4-6-11/h2-7,9H,8H2,1H3,(H,25,26,27). The molecule has 1 N–H and O–H groups in total. The number of aromatic nitrogens is 3. The Labute approximate surface area is 156 Å². The first kappa shape index (κ1) is 18.1. The maximum absolute atomic E-state index is 13.8. The first-order chi connectivity index (χ1) is 13.3. The Hall–Kier alpha value is -3.29. The molecule has 0 radical (unpaired) electrons. The summed E-state index contributed by atoms with van der Waals surface area (Å²) in [6, 6.07) is 9.39. The molecule has 4 nitrogen and oxygen atoms in total. The molecule has 0 saturated carbocycles. The Morgan fingerprint density at radius 2 is 1.86 bits per heavy atom. The molecule has 1 aliphatic rings. The number of hydrogen-bond acceptors (Lipinski definition) is 3. The minimum atomic E-state index is -4.67. The number of benzene rings is 1. The fourth-order valence-electron chi connectivity index (χ4n) is 3.24. The zero-order valence-corrected chi connectivity index (χ0v) is 14.6. The van der Waals surface area contributed by atoms with Crippen LogP contribution in [0.3, 0.4) is 0 Å². The third-order valence-corrected chi connectivity index (χ3v) is 4.55. The number of H-pyrrole nitrogens is 1. The molecule has 1 aliphatic carbocycles. The van der Waals surface area contributed by atoms with Gasteiger partial charge >= 0.3 is 6.18 Å². The molecule has 0 amide bonds. The van der Waals surface area contributed by atoms with Crippen LogP contribution in [0.4, 0.5) is 17.6 Å². The van der Waals surface area contributed by atoms with Crippen molar-refractivity contribution >= 4 is 22.4 Å². The second-order valence-electron chi connectivity index (χ2n) is 6.48. The largest absolute Gasteiger partial charge is 0.417 e. The quantitative estimate of drug-likeness (QED) is 0.612. The van der Waals surface area contributed by atoms with Crippen LogP contribution in [0.2, 0.25) is 0 Å². The van der Waals surface area contributed by atoms with E-state index in [2.05, 4.69) is 15.2 Å². The summed E-state index contributed by atoms with van der Waals surface area (Å²) in [5.41, 5.74) is -0.0537. The molecule has 28 heavy (non-hydrogen) atoms. The van der Waals surface area contributed by atoms with Gasteiger partial charge in [-0.2, -0.15) is 18.3 Å². The SMILES string of the molecule is CC1=C(F)C(=O)CC(c2cc(C(F)(F)F)c3c(-c4ccccc4)[nH]nc3n2)=C1. The van der Waals surface area contributed by atoms with Gasteiger partial charge in [-0.05, 0) is 24.1 Å². The van der Waals surface area contributed by atoms with Gasteiger partial charge in [-0.3, -0.25) is 9.89 Å². The van der Waals surface area contributed by atoms with E-state index in [4.69, 9.17) is 0 Å². The smallest absolute Gasteiger partial charge is 0.291 e. The number of pyridine rings is 1. The topological polar surface area (TPSA) is 58.6 Å². The highest BCUT2D eigenvalue weighted by molar-refractivity contribution is 6.04. The maximum Gasteiger partial charge on any atom is 0.417 e. The summed E-state index contributed by atoms with van der Waals surface area (Å²) in [5.74, 6) is -1.66. The molecule has 2 heterocycles. The Bertz CT molecular complexity index is 1160. The van der Waals surface area contributed by atoms with Crippen LogP contribution in [-0.2, 0) is 11.0 Å². The minimum absolute atomic E-state index is 0.0499. The highest BCUT2D eigenvalue weighted by Gasteiger charge is 2.36. The van der Waals surface area contributed by atoms with Gasteiger partial charge in [0.05, 0.1) is 22.3 Å². The van der Waals surface area contributed by atoms with Crippen molar-refractivity contribution in [2.45, 2.75) is 19.5 Å². The maximum atomic E-state index is 13.8. The zero-order chi connectivity index (χ0) is 20.1. The molecule has 0 atom stereocenters. The molecule has 1 aromatic carbocycles. The van der Waals surface area contributed by atoms with Gasteiger partial charge in [0, 0.05) is 12.0 Å². The predicted octanol–water partition coefficient (Wildman–Crippen LogP) is 5.24. The molecule has 0 fully saturated rings. The predicted molar refractivity (Wildman–Crippen MR) is 95.7 cm³/mol. The van der Waals surface area contributed by atoms with E-state index in [9.17, 15) is 22.4 Å². The van der Waals surface area contributed by atoms with Crippen molar-refractivity contribution in [3.8, 4) is 11.3 Å². The first-order valence-corrected chi connectivity index (χ1v) is 8.38. The number of nitrogens with one attached hydrogen (secondary N) is 1. The number of Topliss-reactive ketones (excluding diaryl/α,β-unsaturated/α-hetero) is 1. The van der Waals surface area contributed by atoms with Crippen molar-refractivity contribution in [3.63, 3.8) is 0 Å². The lowest BCUT2D eigenvalue weighted by molar-refractivity contribution is -0.136. The van der Waals surface area contributed by atoms with E-state index >= 15 is 0 Å². The number of halogens is 4. The van der Waals surface area contributed by atoms with Gasteiger partial charge in [-0.15, -0.1) is 0 Å². The van der Waals surface area contributed by atoms with Gasteiger partial charge in [0.1, 0.15) is 0 Å². The number of aromatic amines is 1. The normalized spacial score (nSPS) is 15.3. The van der Waals surface area contributed by atoms with Crippen LogP contribution >= 0.6 is 0 Å². The van der Waals surface area contributed by atoms with Gasteiger partial charge in [0.25, 0.3) is 0 Å². The van der Waals surface area contributed by atoms with Crippen LogP contribution < -0.4 is 0 Å². The number of rotatable bonds is 2. The average molecular weight is 387 g/mol. The van der Waals surface area contributed by atoms with E-state index in [0.29, 0.717) is 5.56 Å². The van der Waals surface area contributed by atoms with E-state index in [-0.39, 0.29) is 40.0 Å². The summed E-state index contributed by atoms with van der Waals surface area (Å²) in [4.78, 5) is 16.0. The number of hydrogen-bond donors (Lipinski definition) is 1. The van der Waals surface area contributed by atoms with E-state index < -0.39 is 23.3 Å². The van der Waals surface area contributed by atoms with E-state index in [1.165, 1.54) is 13.0 Å². The second-order valence-corrected chi connectivity index (χ2v) is 6.48.